The second-order valence-corrected chi connectivity index (χ2v) is 6.66. The number of hydrogen-bond acceptors (Lipinski definition) is 6. The van der Waals surface area contributed by atoms with Gasteiger partial charge in [0.2, 0.25) is 0 Å². The number of imide groups is 1. The van der Waals surface area contributed by atoms with E-state index in [1.54, 1.807) is 45.2 Å². The van der Waals surface area contributed by atoms with Crippen molar-refractivity contribution in [3.8, 4) is 0 Å². The van der Waals surface area contributed by atoms with Crippen LogP contribution in [0.1, 0.15) is 33.0 Å². The van der Waals surface area contributed by atoms with Gasteiger partial charge in [0.1, 0.15) is 5.82 Å². The summed E-state index contributed by atoms with van der Waals surface area (Å²) in [5.74, 6) is -0.911. The lowest BCUT2D eigenvalue weighted by Gasteiger charge is -2.14. The lowest BCUT2D eigenvalue weighted by atomic mass is 10.2. The monoisotopic (exact) mass is 388 g/mol. The number of esters is 1. The molecule has 3 amide bonds. The van der Waals surface area contributed by atoms with Crippen molar-refractivity contribution < 1.29 is 19.1 Å². The molecule has 1 aromatic carbocycles. The minimum atomic E-state index is -1.13. The summed E-state index contributed by atoms with van der Waals surface area (Å²) in [6.07, 6.45) is -1.01. The molecular weight excluding hydrogens is 364 g/mol. The first kappa shape index (κ1) is 21.1. The zero-order valence-electron chi connectivity index (χ0n) is 16.3. The van der Waals surface area contributed by atoms with E-state index in [2.05, 4.69) is 15.6 Å². The Bertz CT molecular complexity index is 951. The highest BCUT2D eigenvalue weighted by Gasteiger charge is 2.20. The molecule has 0 bridgehead atoms. The van der Waals surface area contributed by atoms with Gasteiger partial charge in [-0.15, -0.1) is 0 Å². The first-order valence-corrected chi connectivity index (χ1v) is 8.94. The van der Waals surface area contributed by atoms with Crippen molar-refractivity contribution in [2.75, 3.05) is 0 Å². The third-order valence-electron chi connectivity index (χ3n) is 3.96. The molecular formula is C19H24N4O5. The predicted octanol–water partition coefficient (Wildman–Crippen LogP) is 1.03. The van der Waals surface area contributed by atoms with Crippen molar-refractivity contribution in [2.24, 2.45) is 7.05 Å². The summed E-state index contributed by atoms with van der Waals surface area (Å²) in [7, 11) is 1.59. The van der Waals surface area contributed by atoms with E-state index >= 15 is 0 Å². The van der Waals surface area contributed by atoms with Crippen LogP contribution in [0.15, 0.2) is 29.1 Å². The molecule has 0 radical (unpaired) electrons. The molecule has 150 valence electrons. The lowest BCUT2D eigenvalue weighted by Crippen LogP contribution is -2.46. The van der Waals surface area contributed by atoms with Crippen molar-refractivity contribution in [1.82, 2.24) is 20.2 Å². The van der Waals surface area contributed by atoms with Crippen LogP contribution >= 0.6 is 0 Å². The molecule has 0 saturated heterocycles. The van der Waals surface area contributed by atoms with Gasteiger partial charge in [0.05, 0.1) is 17.3 Å². The van der Waals surface area contributed by atoms with Gasteiger partial charge < -0.3 is 10.1 Å². The Balaban J connectivity index is 1.94. The van der Waals surface area contributed by atoms with E-state index in [9.17, 15) is 19.2 Å². The Hall–Kier alpha value is -3.23. The molecule has 1 aromatic heterocycles. The largest absolute Gasteiger partial charge is 0.453 e. The molecule has 1 heterocycles. The van der Waals surface area contributed by atoms with Crippen LogP contribution in [0.4, 0.5) is 4.79 Å². The number of nitrogens with zero attached hydrogens (tertiary/aromatic N) is 2. The Morgan fingerprint density at radius 1 is 1.18 bits per heavy atom. The zero-order valence-corrected chi connectivity index (χ0v) is 16.3. The summed E-state index contributed by atoms with van der Waals surface area (Å²) in [4.78, 5) is 52.2. The maximum Gasteiger partial charge on any atom is 0.321 e. The Morgan fingerprint density at radius 3 is 2.54 bits per heavy atom. The van der Waals surface area contributed by atoms with Crippen LogP contribution in [0.25, 0.3) is 10.9 Å². The zero-order chi connectivity index (χ0) is 20.8. The summed E-state index contributed by atoms with van der Waals surface area (Å²) >= 11 is 0. The number of rotatable bonds is 6. The second kappa shape index (κ2) is 9.12. The number of carbonyl (C=O) groups excluding carboxylic acids is 3. The summed E-state index contributed by atoms with van der Waals surface area (Å²) in [5.41, 5.74) is 0.357. The Labute approximate surface area is 162 Å². The summed E-state index contributed by atoms with van der Waals surface area (Å²) in [6.45, 7) is 4.88. The minimum Gasteiger partial charge on any atom is -0.453 e. The SMILES string of the molecule is CC(C)NC(=O)NC(=O)[C@@H](C)OC(=O)CCc1nc2ccccc2c(=O)n1C. The van der Waals surface area contributed by atoms with Crippen LogP contribution in [0.2, 0.25) is 0 Å². The normalized spacial score (nSPS) is 11.9. The van der Waals surface area contributed by atoms with Gasteiger partial charge in [0.25, 0.3) is 11.5 Å². The number of amides is 3. The second-order valence-electron chi connectivity index (χ2n) is 6.66. The third-order valence-corrected chi connectivity index (χ3v) is 3.96. The van der Waals surface area contributed by atoms with Crippen molar-refractivity contribution in [3.63, 3.8) is 0 Å². The first-order valence-electron chi connectivity index (χ1n) is 8.94. The molecule has 0 aliphatic carbocycles. The maximum absolute atomic E-state index is 12.4. The number of aryl methyl sites for hydroxylation is 1. The van der Waals surface area contributed by atoms with Crippen LogP contribution in [-0.2, 0) is 27.8 Å². The number of carbonyl (C=O) groups is 3. The van der Waals surface area contributed by atoms with Gasteiger partial charge in [-0.1, -0.05) is 12.1 Å². The van der Waals surface area contributed by atoms with Crippen LogP contribution in [0.5, 0.6) is 0 Å². The third kappa shape index (κ3) is 5.38. The van der Waals surface area contributed by atoms with Gasteiger partial charge in [0.15, 0.2) is 6.10 Å². The number of hydrogen-bond donors (Lipinski definition) is 2. The molecule has 9 heteroatoms. The van der Waals surface area contributed by atoms with Crippen LogP contribution in [-0.4, -0.2) is 39.6 Å². The predicted molar refractivity (Wildman–Crippen MR) is 103 cm³/mol. The van der Waals surface area contributed by atoms with Crippen LogP contribution in [0.3, 0.4) is 0 Å². The van der Waals surface area contributed by atoms with Crippen molar-refractivity contribution in [3.05, 3.63) is 40.4 Å². The van der Waals surface area contributed by atoms with Gasteiger partial charge in [-0.3, -0.25) is 24.3 Å². The van der Waals surface area contributed by atoms with Gasteiger partial charge >= 0.3 is 12.0 Å². The standard InChI is InChI=1S/C19H24N4O5/c1-11(2)20-19(27)22-17(25)12(3)28-16(24)10-9-15-21-14-8-6-5-7-13(14)18(26)23(15)4/h5-8,11-12H,9-10H2,1-4H3,(H2,20,22,25,27)/t12-/m1/s1. The number of nitrogens with one attached hydrogen (secondary N) is 2. The van der Waals surface area contributed by atoms with Gasteiger partial charge in [0, 0.05) is 19.5 Å². The highest BCUT2D eigenvalue weighted by atomic mass is 16.5. The van der Waals surface area contributed by atoms with E-state index in [0.717, 1.165) is 0 Å². The Kier molecular flexibility index (Phi) is 6.86. The fourth-order valence-corrected chi connectivity index (χ4v) is 2.52. The molecule has 0 unspecified atom stereocenters. The van der Waals surface area contributed by atoms with Crippen molar-refractivity contribution in [2.45, 2.75) is 45.8 Å². The molecule has 2 rings (SSSR count). The van der Waals surface area contributed by atoms with Gasteiger partial charge in [-0.2, -0.15) is 0 Å². The first-order chi connectivity index (χ1) is 13.2. The number of aromatic nitrogens is 2. The average molecular weight is 388 g/mol. The number of fused-ring (bicyclic) bond motifs is 1. The number of benzene rings is 1. The van der Waals surface area contributed by atoms with E-state index in [1.165, 1.54) is 11.5 Å². The molecule has 0 spiro atoms. The highest BCUT2D eigenvalue weighted by molar-refractivity contribution is 5.97. The quantitative estimate of drug-likeness (QED) is 0.714. The summed E-state index contributed by atoms with van der Waals surface area (Å²) in [6, 6.07) is 6.18. The number of urea groups is 1. The van der Waals surface area contributed by atoms with Crippen LogP contribution < -0.4 is 16.2 Å². The minimum absolute atomic E-state index is 0.0611. The smallest absolute Gasteiger partial charge is 0.321 e. The molecule has 0 aliphatic rings. The van der Waals surface area contributed by atoms with Gasteiger partial charge in [-0.25, -0.2) is 9.78 Å². The van der Waals surface area contributed by atoms with Gasteiger partial charge in [-0.05, 0) is 32.9 Å². The molecule has 0 fully saturated rings. The average Bonchev–Trinajstić information content (AvgIpc) is 2.62. The van der Waals surface area contributed by atoms with Crippen molar-refractivity contribution in [1.29, 1.82) is 0 Å². The van der Waals surface area contributed by atoms with E-state index in [1.807, 2.05) is 0 Å². The van der Waals surface area contributed by atoms with E-state index in [4.69, 9.17) is 4.74 Å². The molecule has 28 heavy (non-hydrogen) atoms. The molecule has 2 aromatic rings. The van der Waals surface area contributed by atoms with E-state index in [0.29, 0.717) is 16.7 Å². The van der Waals surface area contributed by atoms with E-state index < -0.39 is 24.0 Å². The number of para-hydroxylation sites is 1. The topological polar surface area (TPSA) is 119 Å². The summed E-state index contributed by atoms with van der Waals surface area (Å²) < 4.78 is 6.44. The molecule has 2 N–H and O–H groups in total. The molecule has 0 aliphatic heterocycles. The molecule has 9 nitrogen and oxygen atoms in total. The molecule has 1 atom stereocenters. The number of ether oxygens (including phenoxy) is 1. The van der Waals surface area contributed by atoms with E-state index in [-0.39, 0.29) is 24.4 Å². The highest BCUT2D eigenvalue weighted by Crippen LogP contribution is 2.09. The fraction of sp³-hybridized carbons (Fsp3) is 0.421. The summed E-state index contributed by atoms with van der Waals surface area (Å²) in [5, 5.41) is 5.11. The molecule has 0 saturated carbocycles. The van der Waals surface area contributed by atoms with Crippen LogP contribution in [0, 0.1) is 0 Å². The Morgan fingerprint density at radius 2 is 1.86 bits per heavy atom. The maximum atomic E-state index is 12.4. The van der Waals surface area contributed by atoms with Crippen molar-refractivity contribution >= 4 is 28.8 Å². The lowest BCUT2D eigenvalue weighted by molar-refractivity contribution is -0.154. The fourth-order valence-electron chi connectivity index (χ4n) is 2.52.